The molecule has 126 valence electrons. The maximum Gasteiger partial charge on any atom is 0.277 e. The van der Waals surface area contributed by atoms with Crippen LogP contribution in [0, 0.1) is 25.5 Å². The Kier molecular flexibility index (Phi) is 5.63. The summed E-state index contributed by atoms with van der Waals surface area (Å²) in [4.78, 5) is 11.8. The molecule has 2 aromatic carbocycles. The fourth-order valence-corrected chi connectivity index (χ4v) is 2.18. The van der Waals surface area contributed by atoms with Crippen LogP contribution in [0.3, 0.4) is 0 Å². The summed E-state index contributed by atoms with van der Waals surface area (Å²) in [5.74, 6) is -1.10. The van der Waals surface area contributed by atoms with Crippen LogP contribution in [0.2, 0.25) is 0 Å². The molecule has 0 fully saturated rings. The zero-order chi connectivity index (χ0) is 17.7. The third-order valence-electron chi connectivity index (χ3n) is 3.23. The molecule has 0 saturated carbocycles. The number of carbonyl (C=O) groups excluding carboxylic acids is 1. The fourth-order valence-electron chi connectivity index (χ4n) is 2.18. The van der Waals surface area contributed by atoms with Crippen LogP contribution in [0.5, 0.6) is 5.75 Å². The van der Waals surface area contributed by atoms with Gasteiger partial charge in [-0.15, -0.1) is 0 Å². The van der Waals surface area contributed by atoms with Gasteiger partial charge in [0.05, 0.1) is 5.71 Å². The summed E-state index contributed by atoms with van der Waals surface area (Å²) >= 11 is 0. The van der Waals surface area contributed by atoms with Gasteiger partial charge < -0.3 is 4.74 Å². The summed E-state index contributed by atoms with van der Waals surface area (Å²) in [6.07, 6.45) is 0. The molecule has 6 heteroatoms. The lowest BCUT2D eigenvalue weighted by Gasteiger charge is -2.08. The highest BCUT2D eigenvalue weighted by Gasteiger charge is 2.08. The number of rotatable bonds is 5. The summed E-state index contributed by atoms with van der Waals surface area (Å²) in [6.45, 7) is 5.11. The van der Waals surface area contributed by atoms with E-state index in [4.69, 9.17) is 4.74 Å². The number of benzene rings is 2. The Bertz CT molecular complexity index is 768. The van der Waals surface area contributed by atoms with E-state index in [9.17, 15) is 13.6 Å². The maximum absolute atomic E-state index is 13.6. The van der Waals surface area contributed by atoms with Crippen molar-refractivity contribution in [3.63, 3.8) is 0 Å². The Morgan fingerprint density at radius 1 is 1.12 bits per heavy atom. The van der Waals surface area contributed by atoms with Crippen molar-refractivity contribution in [2.75, 3.05) is 6.61 Å². The quantitative estimate of drug-likeness (QED) is 0.673. The van der Waals surface area contributed by atoms with Crippen LogP contribution in [0.4, 0.5) is 8.78 Å². The molecule has 0 unspecified atom stereocenters. The third kappa shape index (κ3) is 4.87. The number of hydrogen-bond acceptors (Lipinski definition) is 3. The molecule has 2 aromatic rings. The van der Waals surface area contributed by atoms with E-state index in [0.717, 1.165) is 29.3 Å². The van der Waals surface area contributed by atoms with E-state index in [-0.39, 0.29) is 17.9 Å². The van der Waals surface area contributed by atoms with Gasteiger partial charge in [-0.05, 0) is 62.2 Å². The normalized spacial score (nSPS) is 11.3. The van der Waals surface area contributed by atoms with Gasteiger partial charge in [0.15, 0.2) is 6.61 Å². The van der Waals surface area contributed by atoms with Gasteiger partial charge in [0.25, 0.3) is 5.91 Å². The number of halogens is 2. The van der Waals surface area contributed by atoms with Crippen LogP contribution >= 0.6 is 0 Å². The van der Waals surface area contributed by atoms with Gasteiger partial charge in [0, 0.05) is 5.56 Å². The minimum atomic E-state index is -0.613. The van der Waals surface area contributed by atoms with E-state index in [1.54, 1.807) is 0 Å². The van der Waals surface area contributed by atoms with Crippen molar-refractivity contribution in [1.29, 1.82) is 0 Å². The number of hydrazone groups is 1. The van der Waals surface area contributed by atoms with Gasteiger partial charge in [-0.25, -0.2) is 14.2 Å². The van der Waals surface area contributed by atoms with Crippen LogP contribution in [0.15, 0.2) is 41.5 Å². The first kappa shape index (κ1) is 17.6. The molecular weight excluding hydrogens is 314 g/mol. The van der Waals surface area contributed by atoms with Crippen LogP contribution < -0.4 is 10.2 Å². The van der Waals surface area contributed by atoms with Crippen molar-refractivity contribution in [2.24, 2.45) is 5.10 Å². The van der Waals surface area contributed by atoms with Crippen molar-refractivity contribution in [2.45, 2.75) is 20.8 Å². The summed E-state index contributed by atoms with van der Waals surface area (Å²) in [5, 5.41) is 3.77. The van der Waals surface area contributed by atoms with Gasteiger partial charge in [0.2, 0.25) is 0 Å². The minimum absolute atomic E-state index is 0.00877. The monoisotopic (exact) mass is 332 g/mol. The average molecular weight is 332 g/mol. The fraction of sp³-hybridized carbons (Fsp3) is 0.222. The summed E-state index contributed by atoms with van der Waals surface area (Å²) in [5.41, 5.74) is 4.47. The topological polar surface area (TPSA) is 50.7 Å². The number of nitrogens with one attached hydrogen (secondary N) is 1. The minimum Gasteiger partial charge on any atom is -0.484 e. The highest BCUT2D eigenvalue weighted by Crippen LogP contribution is 2.16. The van der Waals surface area contributed by atoms with Crippen LogP contribution in [-0.4, -0.2) is 18.2 Å². The number of aryl methyl sites for hydroxylation is 2. The van der Waals surface area contributed by atoms with Gasteiger partial charge in [0.1, 0.15) is 17.4 Å². The second-order valence-electron chi connectivity index (χ2n) is 5.47. The Balaban J connectivity index is 1.95. The van der Waals surface area contributed by atoms with Crippen LogP contribution in [0.25, 0.3) is 0 Å². The molecule has 0 aliphatic heterocycles. The van der Waals surface area contributed by atoms with Gasteiger partial charge >= 0.3 is 0 Å². The number of ether oxygens (including phenoxy) is 1. The van der Waals surface area contributed by atoms with Crippen LogP contribution in [0.1, 0.15) is 23.6 Å². The van der Waals surface area contributed by atoms with E-state index in [0.29, 0.717) is 5.75 Å². The summed E-state index contributed by atoms with van der Waals surface area (Å²) in [7, 11) is 0. The second kappa shape index (κ2) is 7.68. The summed E-state index contributed by atoms with van der Waals surface area (Å²) in [6, 6.07) is 8.67. The van der Waals surface area contributed by atoms with Crippen molar-refractivity contribution in [3.05, 3.63) is 64.7 Å². The molecule has 1 N–H and O–H groups in total. The molecular formula is C18H18F2N2O2. The van der Waals surface area contributed by atoms with E-state index < -0.39 is 17.5 Å². The standard InChI is InChI=1S/C18H18F2N2O2/c1-11-6-12(2)8-15(7-11)24-10-18(23)22-21-13(3)16-9-14(19)4-5-17(16)20/h4-9H,10H2,1-3H3,(H,22,23)/b21-13-. The predicted octanol–water partition coefficient (Wildman–Crippen LogP) is 3.50. The number of nitrogens with zero attached hydrogens (tertiary/aromatic N) is 1. The maximum atomic E-state index is 13.6. The zero-order valence-corrected chi connectivity index (χ0v) is 13.7. The van der Waals surface area contributed by atoms with E-state index in [1.807, 2.05) is 32.0 Å². The number of carbonyl (C=O) groups is 1. The molecule has 0 radical (unpaired) electrons. The Morgan fingerprint density at radius 3 is 2.46 bits per heavy atom. The highest BCUT2D eigenvalue weighted by atomic mass is 19.1. The van der Waals surface area contributed by atoms with Gasteiger partial charge in [-0.1, -0.05) is 6.07 Å². The third-order valence-corrected chi connectivity index (χ3v) is 3.23. The number of hydrogen-bond donors (Lipinski definition) is 1. The first-order valence-corrected chi connectivity index (χ1v) is 7.35. The average Bonchev–Trinajstić information content (AvgIpc) is 2.52. The van der Waals surface area contributed by atoms with Gasteiger partial charge in [-0.2, -0.15) is 5.10 Å². The summed E-state index contributed by atoms with van der Waals surface area (Å²) < 4.78 is 32.2. The Hall–Kier alpha value is -2.76. The lowest BCUT2D eigenvalue weighted by Crippen LogP contribution is -2.25. The molecule has 0 bridgehead atoms. The van der Waals surface area contributed by atoms with E-state index >= 15 is 0 Å². The van der Waals surface area contributed by atoms with Crippen LogP contribution in [-0.2, 0) is 4.79 Å². The largest absolute Gasteiger partial charge is 0.484 e. The molecule has 0 aliphatic carbocycles. The lowest BCUT2D eigenvalue weighted by atomic mass is 10.1. The molecule has 0 spiro atoms. The Labute approximate surface area is 139 Å². The lowest BCUT2D eigenvalue weighted by molar-refractivity contribution is -0.123. The van der Waals surface area contributed by atoms with Crippen molar-refractivity contribution < 1.29 is 18.3 Å². The molecule has 2 rings (SSSR count). The van der Waals surface area contributed by atoms with Crippen molar-refractivity contribution in [3.8, 4) is 5.75 Å². The van der Waals surface area contributed by atoms with E-state index in [2.05, 4.69) is 10.5 Å². The molecule has 0 aromatic heterocycles. The molecule has 0 saturated heterocycles. The smallest absolute Gasteiger partial charge is 0.277 e. The molecule has 1 amide bonds. The first-order chi connectivity index (χ1) is 11.3. The number of amides is 1. The molecule has 0 aliphatic rings. The highest BCUT2D eigenvalue weighted by molar-refractivity contribution is 5.99. The van der Waals surface area contributed by atoms with Crippen molar-refractivity contribution in [1.82, 2.24) is 5.43 Å². The molecule has 0 heterocycles. The molecule has 24 heavy (non-hydrogen) atoms. The molecule has 0 atom stereocenters. The van der Waals surface area contributed by atoms with E-state index in [1.165, 1.54) is 6.92 Å². The zero-order valence-electron chi connectivity index (χ0n) is 13.7. The van der Waals surface area contributed by atoms with Crippen molar-refractivity contribution >= 4 is 11.6 Å². The first-order valence-electron chi connectivity index (χ1n) is 7.35. The second-order valence-corrected chi connectivity index (χ2v) is 5.47. The SMILES string of the molecule is C/C(=N/NC(=O)COc1cc(C)cc(C)c1)c1cc(F)ccc1F. The predicted molar refractivity (Wildman–Crippen MR) is 88.1 cm³/mol. The Morgan fingerprint density at radius 2 is 1.79 bits per heavy atom. The van der Waals surface area contributed by atoms with Gasteiger partial charge in [-0.3, -0.25) is 4.79 Å². The molecule has 4 nitrogen and oxygen atoms in total.